The molecular formula is C19H23N3O3S. The third-order valence-corrected chi connectivity index (χ3v) is 7.11. The van der Waals surface area contributed by atoms with Crippen molar-refractivity contribution in [1.29, 1.82) is 4.78 Å². The summed E-state index contributed by atoms with van der Waals surface area (Å²) in [4.78, 5) is 19.6. The molecule has 1 N–H and O–H groups in total. The van der Waals surface area contributed by atoms with Crippen LogP contribution in [0.3, 0.4) is 0 Å². The lowest BCUT2D eigenvalue weighted by molar-refractivity contribution is -0.104. The first kappa shape index (κ1) is 17.4. The molecule has 7 heteroatoms. The van der Waals surface area contributed by atoms with Crippen molar-refractivity contribution in [2.45, 2.75) is 25.4 Å². The maximum Gasteiger partial charge on any atom is 0.254 e. The Morgan fingerprint density at radius 2 is 2.04 bits per heavy atom. The van der Waals surface area contributed by atoms with E-state index in [-0.39, 0.29) is 5.91 Å². The van der Waals surface area contributed by atoms with Crippen LogP contribution >= 0.6 is 0 Å². The minimum Gasteiger partial charge on any atom is -0.371 e. The first-order valence-electron chi connectivity index (χ1n) is 8.91. The van der Waals surface area contributed by atoms with E-state index in [0.717, 1.165) is 16.6 Å². The average Bonchev–Trinajstić information content (AvgIpc) is 2.63. The molecule has 0 atom stereocenters. The normalized spacial score (nSPS) is 29.2. The van der Waals surface area contributed by atoms with Crippen molar-refractivity contribution in [3.63, 3.8) is 0 Å². The van der Waals surface area contributed by atoms with Crippen LogP contribution in [0.25, 0.3) is 10.9 Å². The summed E-state index contributed by atoms with van der Waals surface area (Å²) in [6, 6.07) is 9.55. The van der Waals surface area contributed by atoms with E-state index in [0.29, 0.717) is 49.6 Å². The second kappa shape index (κ2) is 6.32. The average molecular weight is 373 g/mol. The fourth-order valence-corrected chi connectivity index (χ4v) is 5.51. The summed E-state index contributed by atoms with van der Waals surface area (Å²) >= 11 is 0. The highest BCUT2D eigenvalue weighted by Crippen LogP contribution is 2.32. The number of hydrogen-bond donors (Lipinski definition) is 1. The molecule has 1 spiro atoms. The van der Waals surface area contributed by atoms with Crippen molar-refractivity contribution in [3.05, 3.63) is 41.6 Å². The largest absolute Gasteiger partial charge is 0.371 e. The molecule has 1 aromatic carbocycles. The van der Waals surface area contributed by atoms with Crippen molar-refractivity contribution in [1.82, 2.24) is 9.88 Å². The molecular weight excluding hydrogens is 350 g/mol. The predicted octanol–water partition coefficient (Wildman–Crippen LogP) is 2.59. The fourth-order valence-electron chi connectivity index (χ4n) is 3.90. The summed E-state index contributed by atoms with van der Waals surface area (Å²) in [6.07, 6.45) is 1.16. The molecule has 0 bridgehead atoms. The standard InChI is InChI=1S/C19H23N3O3S/c1-14-12-16(15-4-2-3-5-17(15)21-14)18(23)22-8-9-25-19(13-22)6-10-26(20,24)11-7-19/h2-5,12,20H,6-11,13H2,1H3. The van der Waals surface area contributed by atoms with Crippen molar-refractivity contribution < 1.29 is 13.7 Å². The Kier molecular flexibility index (Phi) is 4.23. The summed E-state index contributed by atoms with van der Waals surface area (Å²) in [6.45, 7) is 3.42. The quantitative estimate of drug-likeness (QED) is 0.833. The molecule has 26 heavy (non-hydrogen) atoms. The van der Waals surface area contributed by atoms with E-state index in [4.69, 9.17) is 9.52 Å². The maximum absolute atomic E-state index is 13.3. The number of rotatable bonds is 1. The monoisotopic (exact) mass is 373 g/mol. The summed E-state index contributed by atoms with van der Waals surface area (Å²) in [5, 5.41) is 0.862. The van der Waals surface area contributed by atoms with Gasteiger partial charge >= 0.3 is 0 Å². The van der Waals surface area contributed by atoms with Gasteiger partial charge in [0.1, 0.15) is 0 Å². The van der Waals surface area contributed by atoms with Crippen LogP contribution in [0, 0.1) is 11.7 Å². The molecule has 2 fully saturated rings. The van der Waals surface area contributed by atoms with Crippen LogP contribution in [0.2, 0.25) is 0 Å². The number of carbonyl (C=O) groups excluding carboxylic acids is 1. The second-order valence-electron chi connectivity index (χ2n) is 7.31. The van der Waals surface area contributed by atoms with Gasteiger partial charge in [0.15, 0.2) is 0 Å². The summed E-state index contributed by atoms with van der Waals surface area (Å²) in [7, 11) is -2.47. The summed E-state index contributed by atoms with van der Waals surface area (Å²) in [5.41, 5.74) is 1.87. The van der Waals surface area contributed by atoms with E-state index < -0.39 is 15.3 Å². The second-order valence-corrected chi connectivity index (χ2v) is 9.75. The lowest BCUT2D eigenvalue weighted by Crippen LogP contribution is -2.56. The Hall–Kier alpha value is -1.99. The number of aromatic nitrogens is 1. The zero-order valence-electron chi connectivity index (χ0n) is 14.9. The van der Waals surface area contributed by atoms with E-state index in [2.05, 4.69) is 4.98 Å². The molecule has 138 valence electrons. The van der Waals surface area contributed by atoms with Crippen LogP contribution in [-0.2, 0) is 14.5 Å². The number of fused-ring (bicyclic) bond motifs is 1. The smallest absolute Gasteiger partial charge is 0.254 e. The molecule has 2 aliphatic heterocycles. The predicted molar refractivity (Wildman–Crippen MR) is 101 cm³/mol. The van der Waals surface area contributed by atoms with Crippen molar-refractivity contribution in [3.8, 4) is 0 Å². The van der Waals surface area contributed by atoms with Crippen LogP contribution < -0.4 is 0 Å². The van der Waals surface area contributed by atoms with Crippen LogP contribution in [0.5, 0.6) is 0 Å². The number of carbonyl (C=O) groups is 1. The van der Waals surface area contributed by atoms with Gasteiger partial charge in [-0.05, 0) is 31.9 Å². The number of nitrogens with one attached hydrogen (secondary N) is 1. The van der Waals surface area contributed by atoms with Crippen molar-refractivity contribution in [2.75, 3.05) is 31.2 Å². The third kappa shape index (κ3) is 3.21. The lowest BCUT2D eigenvalue weighted by atomic mass is 9.93. The first-order chi connectivity index (χ1) is 12.4. The SMILES string of the molecule is Cc1cc(C(=O)N2CCOC3(CCS(=N)(=O)CC3)C2)c2ccccc2n1. The topological polar surface area (TPSA) is 83.4 Å². The molecule has 0 aliphatic carbocycles. The van der Waals surface area contributed by atoms with Gasteiger partial charge in [0.2, 0.25) is 0 Å². The molecule has 1 amide bonds. The van der Waals surface area contributed by atoms with Gasteiger partial charge in [0.25, 0.3) is 5.91 Å². The highest BCUT2D eigenvalue weighted by molar-refractivity contribution is 7.92. The van der Waals surface area contributed by atoms with Crippen LogP contribution in [0.1, 0.15) is 28.9 Å². The molecule has 0 radical (unpaired) electrons. The van der Waals surface area contributed by atoms with Crippen LogP contribution in [0.4, 0.5) is 0 Å². The number of pyridine rings is 1. The zero-order chi connectivity index (χ0) is 18.4. The highest BCUT2D eigenvalue weighted by Gasteiger charge is 2.42. The van der Waals surface area contributed by atoms with Crippen LogP contribution in [-0.4, -0.2) is 56.8 Å². The molecule has 3 heterocycles. The van der Waals surface area contributed by atoms with Gasteiger partial charge in [-0.3, -0.25) is 14.6 Å². The van der Waals surface area contributed by atoms with Gasteiger partial charge in [-0.2, -0.15) is 0 Å². The molecule has 0 unspecified atom stereocenters. The Morgan fingerprint density at radius 1 is 1.31 bits per heavy atom. The zero-order valence-corrected chi connectivity index (χ0v) is 15.7. The van der Waals surface area contributed by atoms with E-state index in [1.54, 1.807) is 0 Å². The number of amides is 1. The van der Waals surface area contributed by atoms with E-state index in [1.165, 1.54) is 0 Å². The van der Waals surface area contributed by atoms with Gasteiger partial charge in [-0.1, -0.05) is 18.2 Å². The Bertz CT molecular complexity index is 957. The van der Waals surface area contributed by atoms with Gasteiger partial charge < -0.3 is 9.64 Å². The maximum atomic E-state index is 13.3. The molecule has 1 aromatic heterocycles. The molecule has 2 aliphatic rings. The number of nitrogens with zero attached hydrogens (tertiary/aromatic N) is 2. The summed E-state index contributed by atoms with van der Waals surface area (Å²) < 4.78 is 25.8. The minimum absolute atomic E-state index is 0.00782. The molecule has 2 aromatic rings. The van der Waals surface area contributed by atoms with Crippen molar-refractivity contribution in [2.24, 2.45) is 0 Å². The first-order valence-corrected chi connectivity index (χ1v) is 10.8. The van der Waals surface area contributed by atoms with Gasteiger partial charge in [0, 0.05) is 38.9 Å². The molecule has 4 rings (SSSR count). The van der Waals surface area contributed by atoms with Gasteiger partial charge in [-0.25, -0.2) is 4.21 Å². The number of benzene rings is 1. The number of hydrogen-bond acceptors (Lipinski definition) is 5. The molecule has 0 saturated carbocycles. The minimum atomic E-state index is -2.47. The number of para-hydroxylation sites is 1. The number of ether oxygens (including phenoxy) is 1. The number of morpholine rings is 1. The highest BCUT2D eigenvalue weighted by atomic mass is 32.2. The summed E-state index contributed by atoms with van der Waals surface area (Å²) in [5.74, 6) is 0.699. The van der Waals surface area contributed by atoms with E-state index in [1.807, 2.05) is 42.2 Å². The van der Waals surface area contributed by atoms with E-state index in [9.17, 15) is 9.00 Å². The Labute approximate surface area is 153 Å². The van der Waals surface area contributed by atoms with Crippen LogP contribution in [0.15, 0.2) is 30.3 Å². The molecule has 6 nitrogen and oxygen atoms in total. The van der Waals surface area contributed by atoms with Gasteiger partial charge in [0.05, 0.1) is 29.8 Å². The lowest BCUT2D eigenvalue weighted by Gasteiger charge is -2.45. The third-order valence-electron chi connectivity index (χ3n) is 5.39. The fraction of sp³-hybridized carbons (Fsp3) is 0.474. The molecule has 2 saturated heterocycles. The van der Waals surface area contributed by atoms with Crippen molar-refractivity contribution >= 4 is 26.5 Å². The van der Waals surface area contributed by atoms with E-state index >= 15 is 0 Å². The Morgan fingerprint density at radius 3 is 2.81 bits per heavy atom. The Balaban J connectivity index is 1.63. The number of aryl methyl sites for hydroxylation is 1. The van der Waals surface area contributed by atoms with Gasteiger partial charge in [-0.15, -0.1) is 0 Å².